The van der Waals surface area contributed by atoms with Crippen LogP contribution in [0.15, 0.2) is 36.4 Å². The highest BCUT2D eigenvalue weighted by Crippen LogP contribution is 2.37. The second kappa shape index (κ2) is 7.73. The van der Waals surface area contributed by atoms with Crippen molar-refractivity contribution >= 4 is 29.2 Å². The molecule has 6 nitrogen and oxygen atoms in total. The normalized spacial score (nSPS) is 14.6. The van der Waals surface area contributed by atoms with Gasteiger partial charge in [0.25, 0.3) is 5.91 Å². The van der Waals surface area contributed by atoms with Crippen molar-refractivity contribution in [3.8, 4) is 0 Å². The lowest BCUT2D eigenvalue weighted by Crippen LogP contribution is -2.47. The van der Waals surface area contributed by atoms with E-state index < -0.39 is 59.4 Å². The Morgan fingerprint density at radius 2 is 1.77 bits per heavy atom. The number of hydrogen-bond acceptors (Lipinski definition) is 4. The van der Waals surface area contributed by atoms with Crippen LogP contribution in [0.2, 0.25) is 0 Å². The second-order valence-electron chi connectivity index (χ2n) is 6.35. The number of halogens is 5. The second-order valence-corrected chi connectivity index (χ2v) is 6.35. The number of amides is 2. The average molecular weight is 428 g/mol. The van der Waals surface area contributed by atoms with Gasteiger partial charge in [0, 0.05) is 0 Å². The highest BCUT2D eigenvalue weighted by atomic mass is 19.4. The lowest BCUT2D eigenvalue weighted by molar-refractivity contribution is -0.137. The summed E-state index contributed by atoms with van der Waals surface area (Å²) in [5.74, 6) is -5.56. The van der Waals surface area contributed by atoms with Gasteiger partial charge >= 0.3 is 12.1 Å². The third kappa shape index (κ3) is 4.09. The van der Waals surface area contributed by atoms with Gasteiger partial charge in [-0.25, -0.2) is 13.6 Å². The smallest absolute Gasteiger partial charge is 0.416 e. The molecule has 0 radical (unpaired) electrons. The Labute approximate surface area is 166 Å². The van der Waals surface area contributed by atoms with E-state index in [2.05, 4.69) is 5.32 Å². The molecule has 1 N–H and O–H groups in total. The number of carbonyl (C=O) groups excluding carboxylic acids is 3. The van der Waals surface area contributed by atoms with E-state index in [1.165, 1.54) is 0 Å². The third-order valence-corrected chi connectivity index (χ3v) is 4.25. The van der Waals surface area contributed by atoms with Crippen LogP contribution >= 0.6 is 0 Å². The van der Waals surface area contributed by atoms with E-state index in [0.717, 1.165) is 42.2 Å². The van der Waals surface area contributed by atoms with Crippen molar-refractivity contribution in [3.05, 3.63) is 59.2 Å². The number of fused-ring (bicyclic) bond motifs is 1. The first kappa shape index (κ1) is 21.2. The monoisotopic (exact) mass is 428 g/mol. The Morgan fingerprint density at radius 1 is 1.13 bits per heavy atom. The summed E-state index contributed by atoms with van der Waals surface area (Å²) < 4.78 is 70.9. The molecule has 0 aliphatic carbocycles. The number of anilines is 2. The van der Waals surface area contributed by atoms with E-state index >= 15 is 0 Å². The van der Waals surface area contributed by atoms with Crippen molar-refractivity contribution in [1.82, 2.24) is 0 Å². The van der Waals surface area contributed by atoms with Crippen molar-refractivity contribution in [3.63, 3.8) is 0 Å². The van der Waals surface area contributed by atoms with Crippen molar-refractivity contribution in [2.45, 2.75) is 19.2 Å². The molecule has 3 rings (SSSR count). The van der Waals surface area contributed by atoms with Gasteiger partial charge < -0.3 is 10.1 Å². The van der Waals surface area contributed by atoms with Gasteiger partial charge in [0.05, 0.1) is 16.9 Å². The lowest BCUT2D eigenvalue weighted by atomic mass is 10.1. The van der Waals surface area contributed by atoms with E-state index in [1.54, 1.807) is 0 Å². The Kier molecular flexibility index (Phi) is 5.47. The number of carbonyl (C=O) groups is 3. The number of nitrogens with zero attached hydrogens (tertiary/aromatic N) is 1. The van der Waals surface area contributed by atoms with Crippen molar-refractivity contribution < 1.29 is 41.1 Å². The fourth-order valence-electron chi connectivity index (χ4n) is 2.85. The zero-order valence-corrected chi connectivity index (χ0v) is 15.2. The number of nitrogens with one attached hydrogen (secondary N) is 1. The molecule has 0 aromatic heterocycles. The number of hydrogen-bond donors (Lipinski definition) is 1. The summed E-state index contributed by atoms with van der Waals surface area (Å²) in [6.07, 6.45) is -6.25. The van der Waals surface area contributed by atoms with E-state index in [-0.39, 0.29) is 11.4 Å². The van der Waals surface area contributed by atoms with E-state index in [0.29, 0.717) is 6.07 Å². The van der Waals surface area contributed by atoms with Gasteiger partial charge in [-0.3, -0.25) is 14.5 Å². The highest BCUT2D eigenvalue weighted by molar-refractivity contribution is 6.11. The maximum Gasteiger partial charge on any atom is 0.416 e. The molecule has 11 heteroatoms. The summed E-state index contributed by atoms with van der Waals surface area (Å²) in [7, 11) is 0. The van der Waals surface area contributed by atoms with Crippen LogP contribution in [0.25, 0.3) is 0 Å². The van der Waals surface area contributed by atoms with Gasteiger partial charge in [-0.1, -0.05) is 6.07 Å². The third-order valence-electron chi connectivity index (χ3n) is 4.25. The molecule has 0 saturated carbocycles. The minimum Gasteiger partial charge on any atom is -0.449 e. The number of rotatable bonds is 3. The summed E-state index contributed by atoms with van der Waals surface area (Å²) in [4.78, 5) is 37.4. The first-order chi connectivity index (χ1) is 14.0. The average Bonchev–Trinajstić information content (AvgIpc) is 2.65. The molecule has 0 spiro atoms. The maximum atomic E-state index is 13.7. The molecule has 30 heavy (non-hydrogen) atoms. The molecular formula is C19H13F5N2O4. The Bertz CT molecular complexity index is 1020. The Morgan fingerprint density at radius 3 is 2.37 bits per heavy atom. The summed E-state index contributed by atoms with van der Waals surface area (Å²) >= 11 is 0. The first-order valence-corrected chi connectivity index (χ1v) is 8.46. The lowest BCUT2D eigenvalue weighted by Gasteiger charge is -2.31. The molecule has 2 aromatic rings. The van der Waals surface area contributed by atoms with Gasteiger partial charge in [-0.05, 0) is 37.3 Å². The molecule has 0 bridgehead atoms. The molecule has 1 aliphatic rings. The summed E-state index contributed by atoms with van der Waals surface area (Å²) in [6.45, 7) is 0.558. The molecular weight excluding hydrogens is 415 g/mol. The van der Waals surface area contributed by atoms with Gasteiger partial charge in [-0.2, -0.15) is 13.2 Å². The number of benzene rings is 2. The van der Waals surface area contributed by atoms with Crippen LogP contribution in [-0.2, 0) is 20.5 Å². The van der Waals surface area contributed by atoms with Crippen LogP contribution in [0.3, 0.4) is 0 Å². The Hall–Kier alpha value is -3.50. The maximum absolute atomic E-state index is 13.7. The largest absolute Gasteiger partial charge is 0.449 e. The molecule has 1 aliphatic heterocycles. The molecule has 2 amide bonds. The van der Waals surface area contributed by atoms with Crippen LogP contribution in [0.4, 0.5) is 33.3 Å². The number of esters is 1. The van der Waals surface area contributed by atoms with Crippen molar-refractivity contribution in [1.29, 1.82) is 0 Å². The Balaban J connectivity index is 1.85. The summed E-state index contributed by atoms with van der Waals surface area (Å²) in [5.41, 5.74) is -2.34. The number of alkyl halides is 3. The van der Waals surface area contributed by atoms with Crippen molar-refractivity contribution in [2.24, 2.45) is 0 Å². The molecule has 0 unspecified atom stereocenters. The zero-order valence-electron chi connectivity index (χ0n) is 15.2. The fraction of sp³-hybridized carbons (Fsp3) is 0.211. The van der Waals surface area contributed by atoms with Crippen LogP contribution < -0.4 is 10.2 Å². The number of ether oxygens (including phenoxy) is 1. The van der Waals surface area contributed by atoms with Gasteiger partial charge in [0.1, 0.15) is 23.7 Å². The van der Waals surface area contributed by atoms with Gasteiger partial charge in [0.2, 0.25) is 5.91 Å². The van der Waals surface area contributed by atoms with E-state index in [1.807, 2.05) is 0 Å². The van der Waals surface area contributed by atoms with Gasteiger partial charge in [0.15, 0.2) is 6.10 Å². The van der Waals surface area contributed by atoms with Crippen LogP contribution in [0.1, 0.15) is 22.8 Å². The first-order valence-electron chi connectivity index (χ1n) is 8.46. The van der Waals surface area contributed by atoms with Crippen LogP contribution in [0.5, 0.6) is 0 Å². The van der Waals surface area contributed by atoms with E-state index in [9.17, 15) is 36.3 Å². The van der Waals surface area contributed by atoms with E-state index in [4.69, 9.17) is 4.74 Å². The molecule has 0 fully saturated rings. The molecule has 1 heterocycles. The quantitative estimate of drug-likeness (QED) is 0.600. The minimum atomic E-state index is -4.67. The van der Waals surface area contributed by atoms with Crippen molar-refractivity contribution in [2.75, 3.05) is 16.8 Å². The molecule has 158 valence electrons. The summed E-state index contributed by atoms with van der Waals surface area (Å²) in [5, 5.41) is 2.24. The fourth-order valence-corrected chi connectivity index (χ4v) is 2.85. The standard InChI is InChI=1S/C19H13F5N2O4/c1-9(30-18(29)16-11(20)3-2-4-12(16)21)17(28)26-8-15(27)25-13-7-10(19(22,23)24)5-6-14(13)26/h2-7,9H,8H2,1H3,(H,25,27)/t9-/m1/s1. The highest BCUT2D eigenvalue weighted by Gasteiger charge is 2.36. The zero-order chi connectivity index (χ0) is 22.2. The van der Waals surface area contributed by atoms with Crippen LogP contribution in [0, 0.1) is 11.6 Å². The predicted octanol–water partition coefficient (Wildman–Crippen LogP) is 3.51. The SMILES string of the molecule is C[C@@H](OC(=O)c1c(F)cccc1F)C(=O)N1CC(=O)Nc2cc(C(F)(F)F)ccc21. The van der Waals surface area contributed by atoms with Gasteiger partial charge in [-0.15, -0.1) is 0 Å². The molecule has 1 atom stereocenters. The predicted molar refractivity (Wildman–Crippen MR) is 93.7 cm³/mol. The molecule has 0 saturated heterocycles. The van der Waals surface area contributed by atoms with Crippen LogP contribution in [-0.4, -0.2) is 30.4 Å². The molecule has 2 aromatic carbocycles. The summed E-state index contributed by atoms with van der Waals surface area (Å²) in [6, 6.07) is 5.07. The topological polar surface area (TPSA) is 75.7 Å². The minimum absolute atomic E-state index is 0.0485.